The minimum absolute atomic E-state index is 0.00440. The lowest BCUT2D eigenvalue weighted by atomic mass is 10.0. The fourth-order valence-electron chi connectivity index (χ4n) is 2.61. The summed E-state index contributed by atoms with van der Waals surface area (Å²) < 4.78 is 28.8. The summed E-state index contributed by atoms with van der Waals surface area (Å²) in [6, 6.07) is 12.5. The number of hydrogen-bond donors (Lipinski definition) is 2. The Labute approximate surface area is 157 Å². The zero-order valence-corrected chi connectivity index (χ0v) is 15.8. The van der Waals surface area contributed by atoms with Gasteiger partial charge in [0.15, 0.2) is 9.84 Å². The molecule has 7 nitrogen and oxygen atoms in total. The van der Waals surface area contributed by atoms with E-state index in [1.165, 1.54) is 25.3 Å². The molecule has 0 saturated carbocycles. The summed E-state index contributed by atoms with van der Waals surface area (Å²) in [5.74, 6) is -1.29. The van der Waals surface area contributed by atoms with Gasteiger partial charge in [0.2, 0.25) is 0 Å². The Balaban J connectivity index is 2.35. The third kappa shape index (κ3) is 5.55. The first-order chi connectivity index (χ1) is 12.7. The zero-order chi connectivity index (χ0) is 20.0. The summed E-state index contributed by atoms with van der Waals surface area (Å²) in [7, 11) is -2.12. The fraction of sp³-hybridized carbons (Fsp3) is 0.263. The third-order valence-electron chi connectivity index (χ3n) is 4.00. The number of aliphatic carboxylic acids is 1. The molecule has 2 rings (SSSR count). The van der Waals surface area contributed by atoms with Gasteiger partial charge in [-0.05, 0) is 30.2 Å². The van der Waals surface area contributed by atoms with Gasteiger partial charge in [-0.2, -0.15) is 0 Å². The van der Waals surface area contributed by atoms with Gasteiger partial charge in [-0.1, -0.05) is 30.3 Å². The molecule has 27 heavy (non-hydrogen) atoms. The first kappa shape index (κ1) is 20.4. The molecule has 2 aromatic carbocycles. The number of carboxylic acid groups (broad SMARTS) is 1. The summed E-state index contributed by atoms with van der Waals surface area (Å²) in [6.07, 6.45) is 1.12. The lowest BCUT2D eigenvalue weighted by Gasteiger charge is -2.19. The van der Waals surface area contributed by atoms with Crippen LogP contribution < -0.4 is 10.1 Å². The minimum Gasteiger partial charge on any atom is -0.496 e. The molecule has 0 fully saturated rings. The molecule has 0 aliphatic rings. The van der Waals surface area contributed by atoms with Crippen molar-refractivity contribution in [2.75, 3.05) is 13.4 Å². The Bertz CT molecular complexity index is 924. The largest absolute Gasteiger partial charge is 0.496 e. The highest BCUT2D eigenvalue weighted by atomic mass is 32.2. The first-order valence-corrected chi connectivity index (χ1v) is 10.1. The molecule has 0 heterocycles. The van der Waals surface area contributed by atoms with E-state index in [0.717, 1.165) is 11.8 Å². The van der Waals surface area contributed by atoms with Crippen LogP contribution in [0.25, 0.3) is 0 Å². The van der Waals surface area contributed by atoms with Crippen molar-refractivity contribution >= 4 is 21.7 Å². The molecule has 0 radical (unpaired) electrons. The smallest absolute Gasteiger partial charge is 0.303 e. The molecule has 0 saturated heterocycles. The summed E-state index contributed by atoms with van der Waals surface area (Å²) in [4.78, 5) is 23.7. The average Bonchev–Trinajstić information content (AvgIpc) is 2.64. The number of carbonyl (C=O) groups excluding carboxylic acids is 1. The van der Waals surface area contributed by atoms with Crippen LogP contribution in [0, 0.1) is 0 Å². The number of nitrogens with one attached hydrogen (secondary N) is 1. The molecule has 1 amide bonds. The van der Waals surface area contributed by atoms with Crippen molar-refractivity contribution in [2.24, 2.45) is 0 Å². The number of carbonyl (C=O) groups is 2. The van der Waals surface area contributed by atoms with Crippen molar-refractivity contribution in [1.82, 2.24) is 5.32 Å². The van der Waals surface area contributed by atoms with Crippen LogP contribution in [-0.4, -0.2) is 38.8 Å². The number of amides is 1. The van der Waals surface area contributed by atoms with Crippen molar-refractivity contribution in [3.8, 4) is 5.75 Å². The van der Waals surface area contributed by atoms with Crippen LogP contribution in [0.2, 0.25) is 0 Å². The minimum atomic E-state index is -3.50. The molecule has 0 spiro atoms. The highest BCUT2D eigenvalue weighted by Crippen LogP contribution is 2.25. The van der Waals surface area contributed by atoms with Gasteiger partial charge in [-0.3, -0.25) is 9.59 Å². The highest BCUT2D eigenvalue weighted by Gasteiger charge is 2.21. The van der Waals surface area contributed by atoms with Gasteiger partial charge >= 0.3 is 5.97 Å². The first-order valence-electron chi connectivity index (χ1n) is 8.18. The van der Waals surface area contributed by atoms with E-state index in [1.54, 1.807) is 24.3 Å². The predicted octanol–water partition coefficient (Wildman–Crippen LogP) is 2.43. The second kappa shape index (κ2) is 8.68. The van der Waals surface area contributed by atoms with Crippen LogP contribution in [0.5, 0.6) is 5.75 Å². The van der Waals surface area contributed by atoms with E-state index in [-0.39, 0.29) is 29.1 Å². The quantitative estimate of drug-likeness (QED) is 0.715. The maximum atomic E-state index is 12.8. The van der Waals surface area contributed by atoms with Crippen LogP contribution in [0.4, 0.5) is 0 Å². The number of carboxylic acids is 1. The SMILES string of the molecule is COc1ccc(S(C)(=O)=O)cc1C(=O)NC(CCC(=O)O)c1ccccc1. The van der Waals surface area contributed by atoms with E-state index < -0.39 is 27.8 Å². The molecule has 2 aromatic rings. The van der Waals surface area contributed by atoms with Gasteiger partial charge in [-0.15, -0.1) is 0 Å². The number of hydrogen-bond acceptors (Lipinski definition) is 5. The molecular weight excluding hydrogens is 370 g/mol. The molecule has 1 unspecified atom stereocenters. The molecule has 8 heteroatoms. The monoisotopic (exact) mass is 391 g/mol. The standard InChI is InChI=1S/C19H21NO6S/c1-26-17-10-8-14(27(2,24)25)12-15(17)19(23)20-16(9-11-18(21)22)13-6-4-3-5-7-13/h3-8,10,12,16H,9,11H2,1-2H3,(H,20,23)(H,21,22). The Morgan fingerprint density at radius 1 is 1.15 bits per heavy atom. The van der Waals surface area contributed by atoms with E-state index in [4.69, 9.17) is 9.84 Å². The number of rotatable bonds is 8. The third-order valence-corrected chi connectivity index (χ3v) is 5.11. The van der Waals surface area contributed by atoms with Gasteiger partial charge in [0.25, 0.3) is 5.91 Å². The molecule has 144 valence electrons. The van der Waals surface area contributed by atoms with Gasteiger partial charge < -0.3 is 15.2 Å². The van der Waals surface area contributed by atoms with E-state index in [1.807, 2.05) is 6.07 Å². The van der Waals surface area contributed by atoms with Gasteiger partial charge in [0.05, 0.1) is 23.6 Å². The van der Waals surface area contributed by atoms with Gasteiger partial charge in [-0.25, -0.2) is 8.42 Å². The van der Waals surface area contributed by atoms with Crippen LogP contribution >= 0.6 is 0 Å². The Morgan fingerprint density at radius 3 is 2.37 bits per heavy atom. The maximum Gasteiger partial charge on any atom is 0.303 e. The molecular formula is C19H21NO6S. The van der Waals surface area contributed by atoms with Gasteiger partial charge in [0.1, 0.15) is 5.75 Å². The normalized spacial score (nSPS) is 12.2. The number of ether oxygens (including phenoxy) is 1. The second-order valence-electron chi connectivity index (χ2n) is 6.00. The van der Waals surface area contributed by atoms with Crippen molar-refractivity contribution in [3.05, 3.63) is 59.7 Å². The van der Waals surface area contributed by atoms with E-state index >= 15 is 0 Å². The molecule has 0 aliphatic heterocycles. The zero-order valence-electron chi connectivity index (χ0n) is 15.0. The summed E-state index contributed by atoms with van der Waals surface area (Å²) in [6.45, 7) is 0. The molecule has 0 bridgehead atoms. The summed E-state index contributed by atoms with van der Waals surface area (Å²) in [5, 5.41) is 11.8. The molecule has 1 atom stereocenters. The highest BCUT2D eigenvalue weighted by molar-refractivity contribution is 7.90. The predicted molar refractivity (Wildman–Crippen MR) is 99.6 cm³/mol. The Kier molecular flexibility index (Phi) is 6.57. The van der Waals surface area contributed by atoms with E-state index in [0.29, 0.717) is 0 Å². The summed E-state index contributed by atoms with van der Waals surface area (Å²) in [5.41, 5.74) is 0.821. The number of benzene rings is 2. The molecule has 0 aromatic heterocycles. The summed E-state index contributed by atoms with van der Waals surface area (Å²) >= 11 is 0. The van der Waals surface area contributed by atoms with Crippen LogP contribution in [0.3, 0.4) is 0 Å². The molecule has 0 aliphatic carbocycles. The average molecular weight is 391 g/mol. The maximum absolute atomic E-state index is 12.8. The number of methoxy groups -OCH3 is 1. The second-order valence-corrected chi connectivity index (χ2v) is 8.02. The van der Waals surface area contributed by atoms with E-state index in [2.05, 4.69) is 5.32 Å². The van der Waals surface area contributed by atoms with Crippen molar-refractivity contribution in [2.45, 2.75) is 23.8 Å². The van der Waals surface area contributed by atoms with Crippen LogP contribution in [-0.2, 0) is 14.6 Å². The van der Waals surface area contributed by atoms with Crippen molar-refractivity contribution in [1.29, 1.82) is 0 Å². The fourth-order valence-corrected chi connectivity index (χ4v) is 3.25. The Hall–Kier alpha value is -2.87. The van der Waals surface area contributed by atoms with Gasteiger partial charge in [0, 0.05) is 12.7 Å². The van der Waals surface area contributed by atoms with Crippen LogP contribution in [0.1, 0.15) is 34.8 Å². The lowest BCUT2D eigenvalue weighted by molar-refractivity contribution is -0.137. The number of sulfone groups is 1. The molecule has 2 N–H and O–H groups in total. The van der Waals surface area contributed by atoms with Crippen LogP contribution in [0.15, 0.2) is 53.4 Å². The lowest BCUT2D eigenvalue weighted by Crippen LogP contribution is -2.29. The van der Waals surface area contributed by atoms with Crippen molar-refractivity contribution < 1.29 is 27.9 Å². The van der Waals surface area contributed by atoms with E-state index in [9.17, 15) is 18.0 Å². The topological polar surface area (TPSA) is 110 Å². The van der Waals surface area contributed by atoms with Crippen molar-refractivity contribution in [3.63, 3.8) is 0 Å². The Morgan fingerprint density at radius 2 is 1.81 bits per heavy atom.